The molecule has 1 N–H and O–H groups in total. The fourth-order valence-electron chi connectivity index (χ4n) is 3.97. The Morgan fingerprint density at radius 1 is 1.16 bits per heavy atom. The summed E-state index contributed by atoms with van der Waals surface area (Å²) in [5.41, 5.74) is 4.50. The number of amides is 1. The van der Waals surface area contributed by atoms with Gasteiger partial charge in [0.25, 0.3) is 5.91 Å². The Balaban J connectivity index is 1.63. The highest BCUT2D eigenvalue weighted by Gasteiger charge is 2.19. The molecule has 1 saturated heterocycles. The Morgan fingerprint density at radius 2 is 1.94 bits per heavy atom. The maximum absolute atomic E-state index is 12.8. The Labute approximate surface area is 183 Å². The lowest BCUT2D eigenvalue weighted by Gasteiger charge is -2.26. The van der Waals surface area contributed by atoms with E-state index in [0.717, 1.165) is 53.4 Å². The van der Waals surface area contributed by atoms with Crippen LogP contribution in [0.15, 0.2) is 36.4 Å². The van der Waals surface area contributed by atoms with Gasteiger partial charge in [-0.05, 0) is 49.5 Å². The normalized spacial score (nSPS) is 14.4. The van der Waals surface area contributed by atoms with Crippen molar-refractivity contribution in [2.45, 2.75) is 20.4 Å². The molecule has 3 aromatic rings. The van der Waals surface area contributed by atoms with E-state index in [2.05, 4.69) is 29.8 Å². The minimum Gasteiger partial charge on any atom is -0.496 e. The summed E-state index contributed by atoms with van der Waals surface area (Å²) in [4.78, 5) is 25.2. The van der Waals surface area contributed by atoms with Gasteiger partial charge < -0.3 is 19.4 Å². The van der Waals surface area contributed by atoms with Crippen LogP contribution in [0.1, 0.15) is 29.8 Å². The Hall–Kier alpha value is -2.90. The van der Waals surface area contributed by atoms with E-state index in [1.54, 1.807) is 7.11 Å². The number of aromatic amines is 1. The van der Waals surface area contributed by atoms with Crippen molar-refractivity contribution >= 4 is 16.9 Å². The molecule has 0 saturated carbocycles. The van der Waals surface area contributed by atoms with Crippen LogP contribution in [0.5, 0.6) is 5.75 Å². The minimum absolute atomic E-state index is 0.0345. The molecule has 2 heterocycles. The first-order valence-electron chi connectivity index (χ1n) is 10.9. The highest BCUT2D eigenvalue weighted by atomic mass is 16.5. The van der Waals surface area contributed by atoms with Crippen LogP contribution < -0.4 is 4.74 Å². The van der Waals surface area contributed by atoms with Gasteiger partial charge in [-0.1, -0.05) is 13.8 Å². The number of aromatic nitrogens is 2. The van der Waals surface area contributed by atoms with Crippen LogP contribution in [0.4, 0.5) is 0 Å². The summed E-state index contributed by atoms with van der Waals surface area (Å²) in [6, 6.07) is 11.8. The number of carbonyl (C=O) groups is 1. The van der Waals surface area contributed by atoms with Gasteiger partial charge in [0.1, 0.15) is 11.6 Å². The van der Waals surface area contributed by atoms with Crippen LogP contribution in [0.2, 0.25) is 0 Å². The Kier molecular flexibility index (Phi) is 6.53. The summed E-state index contributed by atoms with van der Waals surface area (Å²) in [7, 11) is 1.70. The first-order valence-corrected chi connectivity index (χ1v) is 10.9. The van der Waals surface area contributed by atoms with Gasteiger partial charge >= 0.3 is 0 Å². The standard InChI is InChI=1S/C24H30N4O3/c1-4-27(5-2)16-19-14-17(7-9-22(19)30-3)23-25-20-8-6-18(15-21(20)26-23)24(29)28-10-12-31-13-11-28/h6-9,14-15H,4-5,10-13,16H2,1-3H3,(H,25,26). The van der Waals surface area contributed by atoms with Crippen molar-refractivity contribution in [2.75, 3.05) is 46.5 Å². The van der Waals surface area contributed by atoms with Gasteiger partial charge in [0, 0.05) is 36.3 Å². The molecule has 1 fully saturated rings. The number of methoxy groups -OCH3 is 1. The van der Waals surface area contributed by atoms with Gasteiger partial charge in [-0.15, -0.1) is 0 Å². The average molecular weight is 423 g/mol. The quantitative estimate of drug-likeness (QED) is 0.631. The lowest BCUT2D eigenvalue weighted by atomic mass is 10.1. The third-order valence-corrected chi connectivity index (χ3v) is 5.87. The number of H-pyrrole nitrogens is 1. The number of imidazole rings is 1. The van der Waals surface area contributed by atoms with Crippen LogP contribution in [0, 0.1) is 0 Å². The molecular formula is C24H30N4O3. The topological polar surface area (TPSA) is 70.7 Å². The van der Waals surface area contributed by atoms with Crippen molar-refractivity contribution in [1.29, 1.82) is 0 Å². The van der Waals surface area contributed by atoms with Gasteiger partial charge in [0.2, 0.25) is 0 Å². The molecule has 0 bridgehead atoms. The highest BCUT2D eigenvalue weighted by Crippen LogP contribution is 2.28. The number of benzene rings is 2. The molecule has 7 nitrogen and oxygen atoms in total. The monoisotopic (exact) mass is 422 g/mol. The third kappa shape index (κ3) is 4.57. The van der Waals surface area contributed by atoms with E-state index in [1.165, 1.54) is 0 Å². The van der Waals surface area contributed by atoms with Crippen LogP contribution >= 0.6 is 0 Å². The van der Waals surface area contributed by atoms with Crippen molar-refractivity contribution in [2.24, 2.45) is 0 Å². The molecule has 1 aromatic heterocycles. The van der Waals surface area contributed by atoms with E-state index in [9.17, 15) is 4.79 Å². The lowest BCUT2D eigenvalue weighted by Crippen LogP contribution is -2.40. The molecule has 2 aromatic carbocycles. The second kappa shape index (κ2) is 9.49. The number of fused-ring (bicyclic) bond motifs is 1. The first kappa shape index (κ1) is 21.3. The molecule has 0 aliphatic carbocycles. The highest BCUT2D eigenvalue weighted by molar-refractivity contribution is 5.97. The molecule has 0 spiro atoms. The molecule has 31 heavy (non-hydrogen) atoms. The SMILES string of the molecule is CCN(CC)Cc1cc(-c2nc3ccc(C(=O)N4CCOCC4)cc3[nH]2)ccc1OC. The predicted octanol–water partition coefficient (Wildman–Crippen LogP) is 3.55. The molecule has 1 amide bonds. The van der Waals surface area contributed by atoms with Crippen molar-refractivity contribution in [3.8, 4) is 17.1 Å². The predicted molar refractivity (Wildman–Crippen MR) is 121 cm³/mol. The van der Waals surface area contributed by atoms with Crippen LogP contribution in [0.25, 0.3) is 22.4 Å². The van der Waals surface area contributed by atoms with Crippen molar-refractivity contribution in [3.63, 3.8) is 0 Å². The zero-order valence-corrected chi connectivity index (χ0v) is 18.5. The molecule has 7 heteroatoms. The minimum atomic E-state index is 0.0345. The summed E-state index contributed by atoms with van der Waals surface area (Å²) in [5, 5.41) is 0. The number of carbonyl (C=O) groups excluding carboxylic acids is 1. The third-order valence-electron chi connectivity index (χ3n) is 5.87. The lowest BCUT2D eigenvalue weighted by molar-refractivity contribution is 0.0303. The van der Waals surface area contributed by atoms with Gasteiger partial charge in [-0.2, -0.15) is 0 Å². The number of hydrogen-bond acceptors (Lipinski definition) is 5. The number of rotatable bonds is 7. The molecule has 164 valence electrons. The van der Waals surface area contributed by atoms with Gasteiger partial charge in [0.05, 0.1) is 31.4 Å². The largest absolute Gasteiger partial charge is 0.496 e. The van der Waals surface area contributed by atoms with Gasteiger partial charge in [-0.3, -0.25) is 9.69 Å². The zero-order chi connectivity index (χ0) is 21.8. The fourth-order valence-corrected chi connectivity index (χ4v) is 3.97. The summed E-state index contributed by atoms with van der Waals surface area (Å²) in [6.07, 6.45) is 0. The first-order chi connectivity index (χ1) is 15.1. The smallest absolute Gasteiger partial charge is 0.254 e. The maximum atomic E-state index is 12.8. The van der Waals surface area contributed by atoms with Crippen molar-refractivity contribution in [1.82, 2.24) is 19.8 Å². The Bertz CT molecular complexity index is 1050. The summed E-state index contributed by atoms with van der Waals surface area (Å²) in [5.74, 6) is 1.70. The molecule has 0 unspecified atom stereocenters. The molecular weight excluding hydrogens is 392 g/mol. The van der Waals surface area contributed by atoms with E-state index in [4.69, 9.17) is 14.5 Å². The Morgan fingerprint density at radius 3 is 2.65 bits per heavy atom. The van der Waals surface area contributed by atoms with Crippen molar-refractivity contribution < 1.29 is 14.3 Å². The number of nitrogens with zero attached hydrogens (tertiary/aromatic N) is 3. The maximum Gasteiger partial charge on any atom is 0.254 e. The van der Waals surface area contributed by atoms with Crippen molar-refractivity contribution in [3.05, 3.63) is 47.5 Å². The van der Waals surface area contributed by atoms with Crippen LogP contribution in [-0.4, -0.2) is 72.2 Å². The van der Waals surface area contributed by atoms with Crippen LogP contribution in [-0.2, 0) is 11.3 Å². The zero-order valence-electron chi connectivity index (χ0n) is 18.5. The van der Waals surface area contributed by atoms with E-state index in [0.29, 0.717) is 31.9 Å². The second-order valence-electron chi connectivity index (χ2n) is 7.71. The van der Waals surface area contributed by atoms with E-state index < -0.39 is 0 Å². The van der Waals surface area contributed by atoms with E-state index in [1.807, 2.05) is 35.2 Å². The van der Waals surface area contributed by atoms with Gasteiger partial charge in [-0.25, -0.2) is 4.98 Å². The second-order valence-corrected chi connectivity index (χ2v) is 7.71. The molecule has 1 aliphatic rings. The molecule has 1 aliphatic heterocycles. The number of hydrogen-bond donors (Lipinski definition) is 1. The molecule has 4 rings (SSSR count). The molecule has 0 atom stereocenters. The van der Waals surface area contributed by atoms with Crippen LogP contribution in [0.3, 0.4) is 0 Å². The summed E-state index contributed by atoms with van der Waals surface area (Å²) < 4.78 is 10.9. The number of ether oxygens (including phenoxy) is 2. The fraction of sp³-hybridized carbons (Fsp3) is 0.417. The molecule has 0 radical (unpaired) electrons. The van der Waals surface area contributed by atoms with Gasteiger partial charge in [0.15, 0.2) is 0 Å². The number of nitrogens with one attached hydrogen (secondary N) is 1. The number of morpholine rings is 1. The van der Waals surface area contributed by atoms with E-state index in [-0.39, 0.29) is 5.91 Å². The summed E-state index contributed by atoms with van der Waals surface area (Å²) >= 11 is 0. The summed E-state index contributed by atoms with van der Waals surface area (Å²) in [6.45, 7) is 9.55. The average Bonchev–Trinajstić information content (AvgIpc) is 3.26. The van der Waals surface area contributed by atoms with E-state index >= 15 is 0 Å².